The van der Waals surface area contributed by atoms with Crippen molar-refractivity contribution in [2.24, 2.45) is 5.92 Å². The number of amides is 2. The van der Waals surface area contributed by atoms with Crippen molar-refractivity contribution in [2.45, 2.75) is 33.4 Å². The number of hydrogen-bond acceptors (Lipinski definition) is 4. The lowest BCUT2D eigenvalue weighted by Crippen LogP contribution is -2.33. The van der Waals surface area contributed by atoms with Gasteiger partial charge in [0.2, 0.25) is 5.91 Å². The van der Waals surface area contributed by atoms with E-state index in [4.69, 9.17) is 4.74 Å². The third kappa shape index (κ3) is 6.41. The molecular formula is C29H35N3O3. The van der Waals surface area contributed by atoms with E-state index in [0.29, 0.717) is 23.5 Å². The van der Waals surface area contributed by atoms with Gasteiger partial charge in [-0.1, -0.05) is 44.2 Å². The number of carbonyl (C=O) groups is 2. The van der Waals surface area contributed by atoms with Gasteiger partial charge in [0, 0.05) is 43.5 Å². The fourth-order valence-corrected chi connectivity index (χ4v) is 3.89. The van der Waals surface area contributed by atoms with Crippen LogP contribution in [0.5, 0.6) is 5.75 Å². The Morgan fingerprint density at radius 1 is 0.914 bits per heavy atom. The molecule has 6 nitrogen and oxygen atoms in total. The molecule has 0 saturated carbocycles. The summed E-state index contributed by atoms with van der Waals surface area (Å²) in [5, 5.41) is 2.98. The Bertz CT molecular complexity index is 1140. The summed E-state index contributed by atoms with van der Waals surface area (Å²) in [4.78, 5) is 30.0. The van der Waals surface area contributed by atoms with E-state index in [1.54, 1.807) is 31.4 Å². The molecule has 0 aliphatic heterocycles. The van der Waals surface area contributed by atoms with Crippen molar-refractivity contribution in [1.82, 2.24) is 4.90 Å². The van der Waals surface area contributed by atoms with Crippen molar-refractivity contribution in [3.63, 3.8) is 0 Å². The molecule has 0 bridgehead atoms. The van der Waals surface area contributed by atoms with Gasteiger partial charge < -0.3 is 19.9 Å². The number of carbonyl (C=O) groups excluding carboxylic acids is 2. The molecule has 6 heteroatoms. The van der Waals surface area contributed by atoms with Crippen LogP contribution in [0.4, 0.5) is 11.4 Å². The van der Waals surface area contributed by atoms with Crippen LogP contribution in [0.2, 0.25) is 0 Å². The van der Waals surface area contributed by atoms with Gasteiger partial charge in [-0.15, -0.1) is 0 Å². The number of nitrogens with zero attached hydrogens (tertiary/aromatic N) is 2. The summed E-state index contributed by atoms with van der Waals surface area (Å²) < 4.78 is 5.26. The molecule has 0 unspecified atom stereocenters. The van der Waals surface area contributed by atoms with Gasteiger partial charge in [0.1, 0.15) is 5.75 Å². The molecule has 2 amide bonds. The quantitative estimate of drug-likeness (QED) is 0.429. The Morgan fingerprint density at radius 3 is 2.14 bits per heavy atom. The first-order chi connectivity index (χ1) is 16.7. The summed E-state index contributed by atoms with van der Waals surface area (Å²) in [6, 6.07) is 22.8. The predicted octanol–water partition coefficient (Wildman–Crippen LogP) is 5.76. The van der Waals surface area contributed by atoms with Crippen molar-refractivity contribution < 1.29 is 14.3 Å². The maximum atomic E-state index is 13.8. The third-order valence-corrected chi connectivity index (χ3v) is 6.04. The Hall–Kier alpha value is -3.80. The molecule has 0 aliphatic rings. The fourth-order valence-electron chi connectivity index (χ4n) is 3.89. The highest BCUT2D eigenvalue weighted by Gasteiger charge is 2.25. The SMILES string of the molecule is COc1ccc(C(=O)N(Cc2cc(NC(=O)C(C)C)ccc2N(C)C)[C@H](C)c2ccccc2)cc1. The minimum atomic E-state index is -0.172. The van der Waals surface area contributed by atoms with E-state index >= 15 is 0 Å². The van der Waals surface area contributed by atoms with Crippen molar-refractivity contribution >= 4 is 23.2 Å². The number of hydrogen-bond donors (Lipinski definition) is 1. The highest BCUT2D eigenvalue weighted by Crippen LogP contribution is 2.30. The molecule has 0 aliphatic carbocycles. The summed E-state index contributed by atoms with van der Waals surface area (Å²) in [7, 11) is 5.55. The van der Waals surface area contributed by atoms with E-state index in [1.807, 2.05) is 93.2 Å². The van der Waals surface area contributed by atoms with Gasteiger partial charge in [0.15, 0.2) is 0 Å². The van der Waals surface area contributed by atoms with Crippen LogP contribution in [0.3, 0.4) is 0 Å². The summed E-state index contributed by atoms with van der Waals surface area (Å²) in [5.74, 6) is 0.452. The molecule has 184 valence electrons. The van der Waals surface area contributed by atoms with E-state index in [1.165, 1.54) is 0 Å². The van der Waals surface area contributed by atoms with Crippen LogP contribution in [-0.4, -0.2) is 37.9 Å². The van der Waals surface area contributed by atoms with E-state index in [-0.39, 0.29) is 23.8 Å². The predicted molar refractivity (Wildman–Crippen MR) is 142 cm³/mol. The maximum Gasteiger partial charge on any atom is 0.254 e. The summed E-state index contributed by atoms with van der Waals surface area (Å²) in [6.45, 7) is 6.14. The zero-order chi connectivity index (χ0) is 25.5. The van der Waals surface area contributed by atoms with Gasteiger partial charge in [-0.2, -0.15) is 0 Å². The molecule has 35 heavy (non-hydrogen) atoms. The lowest BCUT2D eigenvalue weighted by atomic mass is 10.0. The van der Waals surface area contributed by atoms with Crippen LogP contribution in [0.1, 0.15) is 48.3 Å². The molecule has 0 aromatic heterocycles. The molecule has 3 aromatic rings. The molecule has 1 atom stereocenters. The molecule has 3 aromatic carbocycles. The second-order valence-electron chi connectivity index (χ2n) is 9.13. The van der Waals surface area contributed by atoms with Gasteiger partial charge in [-0.05, 0) is 60.5 Å². The molecule has 0 spiro atoms. The van der Waals surface area contributed by atoms with Crippen molar-refractivity contribution in [3.05, 3.63) is 89.5 Å². The lowest BCUT2D eigenvalue weighted by molar-refractivity contribution is -0.118. The van der Waals surface area contributed by atoms with Gasteiger partial charge in [-0.25, -0.2) is 0 Å². The smallest absolute Gasteiger partial charge is 0.254 e. The standard InChI is InChI=1S/C29H35N3O3/c1-20(2)28(33)30-25-14-17-27(31(4)5)24(18-25)19-32(21(3)22-10-8-7-9-11-22)29(34)23-12-15-26(35-6)16-13-23/h7-18,20-21H,19H2,1-6H3,(H,30,33)/t21-/m1/s1. The fraction of sp³-hybridized carbons (Fsp3) is 0.310. The molecule has 0 saturated heterocycles. The second kappa shape index (κ2) is 11.6. The minimum Gasteiger partial charge on any atom is -0.497 e. The number of rotatable bonds is 9. The van der Waals surface area contributed by atoms with Crippen LogP contribution in [0.15, 0.2) is 72.8 Å². The minimum absolute atomic E-state index is 0.0441. The van der Waals surface area contributed by atoms with E-state index in [0.717, 1.165) is 16.8 Å². The van der Waals surface area contributed by atoms with Crippen LogP contribution in [-0.2, 0) is 11.3 Å². The maximum absolute atomic E-state index is 13.8. The topological polar surface area (TPSA) is 61.9 Å². The third-order valence-electron chi connectivity index (χ3n) is 6.04. The van der Waals surface area contributed by atoms with Crippen molar-refractivity contribution in [2.75, 3.05) is 31.4 Å². The monoisotopic (exact) mass is 473 g/mol. The molecule has 0 radical (unpaired) electrons. The first-order valence-electron chi connectivity index (χ1n) is 11.8. The summed E-state index contributed by atoms with van der Waals surface area (Å²) >= 11 is 0. The van der Waals surface area contributed by atoms with Crippen molar-refractivity contribution in [3.8, 4) is 5.75 Å². The molecule has 3 rings (SSSR count). The van der Waals surface area contributed by atoms with Gasteiger partial charge >= 0.3 is 0 Å². The van der Waals surface area contributed by atoms with Crippen molar-refractivity contribution in [1.29, 1.82) is 0 Å². The number of ether oxygens (including phenoxy) is 1. The van der Waals surface area contributed by atoms with Crippen LogP contribution in [0, 0.1) is 5.92 Å². The Kier molecular flexibility index (Phi) is 8.53. The highest BCUT2D eigenvalue weighted by molar-refractivity contribution is 5.95. The summed E-state index contributed by atoms with van der Waals surface area (Å²) in [6.07, 6.45) is 0. The van der Waals surface area contributed by atoms with E-state index in [2.05, 4.69) is 5.32 Å². The first kappa shape index (κ1) is 25.8. The zero-order valence-electron chi connectivity index (χ0n) is 21.4. The van der Waals surface area contributed by atoms with Gasteiger partial charge in [0.05, 0.1) is 13.2 Å². The number of anilines is 2. The lowest BCUT2D eigenvalue weighted by Gasteiger charge is -2.32. The molecular weight excluding hydrogens is 438 g/mol. The number of benzene rings is 3. The summed E-state index contributed by atoms with van der Waals surface area (Å²) in [5.41, 5.74) is 4.28. The van der Waals surface area contributed by atoms with Crippen LogP contribution in [0.25, 0.3) is 0 Å². The van der Waals surface area contributed by atoms with E-state index in [9.17, 15) is 9.59 Å². The average Bonchev–Trinajstić information content (AvgIpc) is 2.87. The zero-order valence-corrected chi connectivity index (χ0v) is 21.4. The second-order valence-corrected chi connectivity index (χ2v) is 9.13. The number of methoxy groups -OCH3 is 1. The first-order valence-corrected chi connectivity index (χ1v) is 11.8. The van der Waals surface area contributed by atoms with E-state index < -0.39 is 0 Å². The highest BCUT2D eigenvalue weighted by atomic mass is 16.5. The van der Waals surface area contributed by atoms with Gasteiger partial charge in [0.25, 0.3) is 5.91 Å². The number of nitrogens with one attached hydrogen (secondary N) is 1. The van der Waals surface area contributed by atoms with Gasteiger partial charge in [-0.3, -0.25) is 9.59 Å². The Balaban J connectivity index is 2.02. The average molecular weight is 474 g/mol. The molecule has 1 N–H and O–H groups in total. The Labute approximate surface area is 208 Å². The van der Waals surface area contributed by atoms with Crippen LogP contribution >= 0.6 is 0 Å². The molecule has 0 heterocycles. The molecule has 0 fully saturated rings. The Morgan fingerprint density at radius 2 is 1.57 bits per heavy atom. The normalized spacial score (nSPS) is 11.6. The largest absolute Gasteiger partial charge is 0.497 e. The van der Waals surface area contributed by atoms with Crippen LogP contribution < -0.4 is 15.0 Å².